The molecule has 0 fully saturated rings. The minimum atomic E-state index is -0.444. The van der Waals surface area contributed by atoms with Gasteiger partial charge in [-0.05, 0) is 43.9 Å². The van der Waals surface area contributed by atoms with Crippen molar-refractivity contribution in [2.45, 2.75) is 46.2 Å². The van der Waals surface area contributed by atoms with Gasteiger partial charge in [-0.25, -0.2) is 0 Å². The molecule has 1 amide bonds. The lowest BCUT2D eigenvalue weighted by Gasteiger charge is -2.19. The van der Waals surface area contributed by atoms with Crippen molar-refractivity contribution < 1.29 is 9.53 Å². The minimum absolute atomic E-state index is 0.0589. The lowest BCUT2D eigenvalue weighted by molar-refractivity contribution is -0.123. The number of benzene rings is 1. The zero-order valence-electron chi connectivity index (χ0n) is 12.8. The summed E-state index contributed by atoms with van der Waals surface area (Å²) in [6.45, 7) is 8.67. The van der Waals surface area contributed by atoms with Crippen LogP contribution in [0.1, 0.15) is 45.7 Å². The van der Waals surface area contributed by atoms with Crippen molar-refractivity contribution in [3.63, 3.8) is 0 Å². The second-order valence-electron chi connectivity index (χ2n) is 5.47. The van der Waals surface area contributed by atoms with Gasteiger partial charge in [-0.1, -0.05) is 26.0 Å². The fourth-order valence-electron chi connectivity index (χ4n) is 2.04. The molecule has 4 heteroatoms. The van der Waals surface area contributed by atoms with Crippen molar-refractivity contribution >= 4 is 5.91 Å². The van der Waals surface area contributed by atoms with Crippen LogP contribution < -0.4 is 15.8 Å². The van der Waals surface area contributed by atoms with Crippen molar-refractivity contribution in [2.24, 2.45) is 11.7 Å². The van der Waals surface area contributed by atoms with Gasteiger partial charge < -0.3 is 15.8 Å². The van der Waals surface area contributed by atoms with Crippen LogP contribution in [0.25, 0.3) is 0 Å². The maximum atomic E-state index is 12.0. The van der Waals surface area contributed by atoms with Gasteiger partial charge in [-0.3, -0.25) is 4.79 Å². The second kappa shape index (κ2) is 7.90. The van der Waals surface area contributed by atoms with Gasteiger partial charge >= 0.3 is 0 Å². The lowest BCUT2D eigenvalue weighted by Crippen LogP contribution is -2.42. The Kier molecular flexibility index (Phi) is 6.52. The Labute approximate surface area is 121 Å². The van der Waals surface area contributed by atoms with Crippen LogP contribution in [0, 0.1) is 5.92 Å². The topological polar surface area (TPSA) is 64.3 Å². The molecule has 1 aromatic carbocycles. The number of carbonyl (C=O) groups is 1. The average Bonchev–Trinajstić information content (AvgIpc) is 2.39. The van der Waals surface area contributed by atoms with Crippen molar-refractivity contribution in [2.75, 3.05) is 6.61 Å². The molecule has 20 heavy (non-hydrogen) atoms. The Morgan fingerprint density at radius 1 is 1.25 bits per heavy atom. The zero-order chi connectivity index (χ0) is 15.1. The SMILES string of the molecule is CCOc1ccc(C(C)NC(=O)[C@H](N)CC(C)C)cc1. The van der Waals surface area contributed by atoms with Crippen LogP contribution in [0.15, 0.2) is 24.3 Å². The average molecular weight is 278 g/mol. The molecule has 112 valence electrons. The van der Waals surface area contributed by atoms with Gasteiger partial charge in [0, 0.05) is 0 Å². The number of rotatable bonds is 7. The number of ether oxygens (including phenoxy) is 1. The van der Waals surface area contributed by atoms with Crippen LogP contribution in [0.2, 0.25) is 0 Å². The summed E-state index contributed by atoms with van der Waals surface area (Å²) in [5.74, 6) is 1.16. The molecule has 0 saturated carbocycles. The Morgan fingerprint density at radius 3 is 2.35 bits per heavy atom. The predicted molar refractivity (Wildman–Crippen MR) is 81.6 cm³/mol. The zero-order valence-corrected chi connectivity index (χ0v) is 12.8. The van der Waals surface area contributed by atoms with Crippen LogP contribution in [0.3, 0.4) is 0 Å². The molecule has 0 aliphatic heterocycles. The van der Waals surface area contributed by atoms with E-state index < -0.39 is 6.04 Å². The monoisotopic (exact) mass is 278 g/mol. The number of nitrogens with one attached hydrogen (secondary N) is 1. The normalized spacial score (nSPS) is 13.9. The van der Waals surface area contributed by atoms with Gasteiger partial charge in [0.25, 0.3) is 0 Å². The Morgan fingerprint density at radius 2 is 1.85 bits per heavy atom. The van der Waals surface area contributed by atoms with Crippen LogP contribution in [-0.2, 0) is 4.79 Å². The Balaban J connectivity index is 2.57. The van der Waals surface area contributed by atoms with Crippen molar-refractivity contribution in [1.82, 2.24) is 5.32 Å². The van der Waals surface area contributed by atoms with Crippen molar-refractivity contribution in [1.29, 1.82) is 0 Å². The van der Waals surface area contributed by atoms with Gasteiger partial charge in [-0.2, -0.15) is 0 Å². The Bertz CT molecular complexity index is 415. The molecular formula is C16H26N2O2. The molecule has 1 aromatic rings. The first-order chi connectivity index (χ1) is 9.43. The molecule has 0 aliphatic carbocycles. The standard InChI is InChI=1S/C16H26N2O2/c1-5-20-14-8-6-13(7-9-14)12(4)18-16(19)15(17)10-11(2)3/h6-9,11-12,15H,5,10,17H2,1-4H3,(H,18,19)/t12?,15-/m1/s1. The van der Waals surface area contributed by atoms with Crippen molar-refractivity contribution in [3.05, 3.63) is 29.8 Å². The molecule has 0 saturated heterocycles. The molecular weight excluding hydrogens is 252 g/mol. The van der Waals surface area contributed by atoms with Crippen LogP contribution in [0.5, 0.6) is 5.75 Å². The molecule has 0 aromatic heterocycles. The van der Waals surface area contributed by atoms with E-state index >= 15 is 0 Å². The number of carbonyl (C=O) groups excluding carboxylic acids is 1. The number of hydrogen-bond donors (Lipinski definition) is 2. The maximum absolute atomic E-state index is 12.0. The van der Waals surface area contributed by atoms with Gasteiger partial charge in [0.2, 0.25) is 5.91 Å². The van der Waals surface area contributed by atoms with E-state index in [9.17, 15) is 4.79 Å². The molecule has 0 spiro atoms. The first-order valence-electron chi connectivity index (χ1n) is 7.22. The molecule has 1 unspecified atom stereocenters. The fraction of sp³-hybridized carbons (Fsp3) is 0.562. The third kappa shape index (κ3) is 5.21. The number of hydrogen-bond acceptors (Lipinski definition) is 3. The summed E-state index contributed by atoms with van der Waals surface area (Å²) in [7, 11) is 0. The van der Waals surface area contributed by atoms with E-state index in [1.54, 1.807) is 0 Å². The largest absolute Gasteiger partial charge is 0.494 e. The highest BCUT2D eigenvalue weighted by Gasteiger charge is 2.17. The molecule has 0 aliphatic rings. The first-order valence-corrected chi connectivity index (χ1v) is 7.22. The summed E-state index contributed by atoms with van der Waals surface area (Å²) in [6, 6.07) is 7.25. The second-order valence-corrected chi connectivity index (χ2v) is 5.47. The smallest absolute Gasteiger partial charge is 0.237 e. The number of amides is 1. The fourth-order valence-corrected chi connectivity index (χ4v) is 2.04. The summed E-state index contributed by atoms with van der Waals surface area (Å²) in [4.78, 5) is 12.0. The van der Waals surface area contributed by atoms with Crippen LogP contribution in [0.4, 0.5) is 0 Å². The minimum Gasteiger partial charge on any atom is -0.494 e. The van der Waals surface area contributed by atoms with E-state index in [0.29, 0.717) is 18.9 Å². The van der Waals surface area contributed by atoms with Crippen LogP contribution in [-0.4, -0.2) is 18.6 Å². The molecule has 0 bridgehead atoms. The summed E-state index contributed by atoms with van der Waals surface area (Å²) in [5.41, 5.74) is 6.92. The molecule has 3 N–H and O–H groups in total. The predicted octanol–water partition coefficient (Wildman–Crippen LogP) is 2.64. The highest BCUT2D eigenvalue weighted by Crippen LogP contribution is 2.18. The molecule has 2 atom stereocenters. The highest BCUT2D eigenvalue weighted by molar-refractivity contribution is 5.81. The Hall–Kier alpha value is -1.55. The van der Waals surface area contributed by atoms with Crippen molar-refractivity contribution in [3.8, 4) is 5.75 Å². The summed E-state index contributed by atoms with van der Waals surface area (Å²) >= 11 is 0. The van der Waals surface area contributed by atoms with Gasteiger partial charge in [0.05, 0.1) is 18.7 Å². The quantitative estimate of drug-likeness (QED) is 0.806. The van der Waals surface area contributed by atoms with E-state index in [2.05, 4.69) is 19.2 Å². The summed E-state index contributed by atoms with van der Waals surface area (Å²) in [6.07, 6.45) is 0.696. The van der Waals surface area contributed by atoms with Gasteiger partial charge in [0.1, 0.15) is 5.75 Å². The summed E-state index contributed by atoms with van der Waals surface area (Å²) in [5, 5.41) is 2.95. The van der Waals surface area contributed by atoms with E-state index in [-0.39, 0.29) is 11.9 Å². The lowest BCUT2D eigenvalue weighted by atomic mass is 10.0. The third-order valence-electron chi connectivity index (χ3n) is 3.11. The number of nitrogens with two attached hydrogens (primary N) is 1. The van der Waals surface area contributed by atoms with E-state index in [1.807, 2.05) is 38.1 Å². The maximum Gasteiger partial charge on any atom is 0.237 e. The molecule has 4 nitrogen and oxygen atoms in total. The van der Waals surface area contributed by atoms with E-state index in [1.165, 1.54) is 0 Å². The van der Waals surface area contributed by atoms with Gasteiger partial charge in [-0.15, -0.1) is 0 Å². The van der Waals surface area contributed by atoms with E-state index in [0.717, 1.165) is 11.3 Å². The molecule has 1 rings (SSSR count). The van der Waals surface area contributed by atoms with E-state index in [4.69, 9.17) is 10.5 Å². The molecule has 0 radical (unpaired) electrons. The van der Waals surface area contributed by atoms with Gasteiger partial charge in [0.15, 0.2) is 0 Å². The molecule has 0 heterocycles. The van der Waals surface area contributed by atoms with Crippen LogP contribution >= 0.6 is 0 Å². The first kappa shape index (κ1) is 16.5. The summed E-state index contributed by atoms with van der Waals surface area (Å²) < 4.78 is 5.40. The highest BCUT2D eigenvalue weighted by atomic mass is 16.5. The third-order valence-corrected chi connectivity index (χ3v) is 3.11.